The first kappa shape index (κ1) is 10.4. The van der Waals surface area contributed by atoms with E-state index >= 15 is 0 Å². The second kappa shape index (κ2) is 3.47. The SMILES string of the molecule is Cc1ccc(C2=NC=C(Cl)S2(=O)=O)cc1. The van der Waals surface area contributed by atoms with Gasteiger partial charge in [-0.25, -0.2) is 13.4 Å². The van der Waals surface area contributed by atoms with Crippen LogP contribution >= 0.6 is 11.6 Å². The molecule has 0 saturated heterocycles. The lowest BCUT2D eigenvalue weighted by Gasteiger charge is -2.01. The molecule has 0 aliphatic carbocycles. The Balaban J connectivity index is 2.49. The van der Waals surface area contributed by atoms with Crippen molar-refractivity contribution in [1.29, 1.82) is 0 Å². The molecule has 0 atom stereocenters. The lowest BCUT2D eigenvalue weighted by molar-refractivity contribution is 0.615. The van der Waals surface area contributed by atoms with E-state index in [4.69, 9.17) is 11.6 Å². The summed E-state index contributed by atoms with van der Waals surface area (Å²) in [6.45, 7) is 1.93. The van der Waals surface area contributed by atoms with Crippen LogP contribution in [0, 0.1) is 6.92 Å². The van der Waals surface area contributed by atoms with E-state index in [0.29, 0.717) is 5.56 Å². The minimum Gasteiger partial charge on any atom is -0.241 e. The molecule has 1 aromatic carbocycles. The van der Waals surface area contributed by atoms with Gasteiger partial charge < -0.3 is 0 Å². The summed E-state index contributed by atoms with van der Waals surface area (Å²) in [5, 5.41) is 0.0208. The summed E-state index contributed by atoms with van der Waals surface area (Å²) >= 11 is 5.54. The fraction of sp³-hybridized carbons (Fsp3) is 0.100. The number of aryl methyl sites for hydroxylation is 1. The minimum atomic E-state index is -3.56. The van der Waals surface area contributed by atoms with Crippen molar-refractivity contribution in [2.24, 2.45) is 4.99 Å². The first-order chi connectivity index (χ1) is 7.01. The van der Waals surface area contributed by atoms with Crippen LogP contribution in [0.1, 0.15) is 11.1 Å². The van der Waals surface area contributed by atoms with E-state index in [9.17, 15) is 8.42 Å². The van der Waals surface area contributed by atoms with Crippen LogP contribution in [0.5, 0.6) is 0 Å². The van der Waals surface area contributed by atoms with Gasteiger partial charge >= 0.3 is 0 Å². The zero-order valence-corrected chi connectivity index (χ0v) is 9.51. The first-order valence-electron chi connectivity index (χ1n) is 4.27. The molecule has 1 aromatic rings. The van der Waals surface area contributed by atoms with Crippen molar-refractivity contribution in [2.75, 3.05) is 0 Å². The highest BCUT2D eigenvalue weighted by Gasteiger charge is 2.29. The Kier molecular flexibility index (Phi) is 2.40. The van der Waals surface area contributed by atoms with Crippen molar-refractivity contribution in [1.82, 2.24) is 0 Å². The Morgan fingerprint density at radius 1 is 1.20 bits per heavy atom. The molecule has 1 aliphatic heterocycles. The molecule has 0 fully saturated rings. The molecular formula is C10H8ClNO2S. The van der Waals surface area contributed by atoms with Gasteiger partial charge in [0.15, 0.2) is 9.41 Å². The number of nitrogens with zero attached hydrogens (tertiary/aromatic N) is 1. The fourth-order valence-electron chi connectivity index (χ4n) is 1.27. The van der Waals surface area contributed by atoms with Gasteiger partial charge in [0.05, 0.1) is 6.20 Å². The Hall–Kier alpha value is -1.13. The van der Waals surface area contributed by atoms with E-state index < -0.39 is 9.84 Å². The Bertz CT molecular complexity index is 556. The summed E-state index contributed by atoms with van der Waals surface area (Å²) in [5.74, 6) is 0. The van der Waals surface area contributed by atoms with Crippen LogP contribution in [0.15, 0.2) is 39.8 Å². The van der Waals surface area contributed by atoms with E-state index in [-0.39, 0.29) is 9.41 Å². The van der Waals surface area contributed by atoms with Crippen molar-refractivity contribution in [3.63, 3.8) is 0 Å². The van der Waals surface area contributed by atoms with Gasteiger partial charge in [-0.05, 0) is 6.92 Å². The molecule has 5 heteroatoms. The lowest BCUT2D eigenvalue weighted by atomic mass is 10.2. The van der Waals surface area contributed by atoms with E-state index in [1.54, 1.807) is 12.1 Å². The van der Waals surface area contributed by atoms with E-state index in [2.05, 4.69) is 4.99 Å². The normalized spacial score (nSPS) is 18.5. The highest BCUT2D eigenvalue weighted by Crippen LogP contribution is 2.24. The highest BCUT2D eigenvalue weighted by molar-refractivity contribution is 8.11. The first-order valence-corrected chi connectivity index (χ1v) is 6.13. The van der Waals surface area contributed by atoms with Crippen LogP contribution in [0.3, 0.4) is 0 Å². The molecule has 0 amide bonds. The Morgan fingerprint density at radius 2 is 1.80 bits per heavy atom. The number of hydrogen-bond acceptors (Lipinski definition) is 3. The molecule has 1 aliphatic rings. The Morgan fingerprint density at radius 3 is 2.27 bits per heavy atom. The summed E-state index contributed by atoms with van der Waals surface area (Å²) < 4.78 is 23.1. The predicted octanol–water partition coefficient (Wildman–Crippen LogP) is 2.21. The average Bonchev–Trinajstić information content (AvgIpc) is 2.44. The summed E-state index contributed by atoms with van der Waals surface area (Å²) in [7, 11) is -3.56. The molecule has 0 aromatic heterocycles. The van der Waals surface area contributed by atoms with Gasteiger partial charge in [0.2, 0.25) is 9.84 Å². The zero-order chi connectivity index (χ0) is 11.1. The third-order valence-electron chi connectivity index (χ3n) is 2.09. The van der Waals surface area contributed by atoms with Crippen LogP contribution in [0.25, 0.3) is 0 Å². The van der Waals surface area contributed by atoms with Crippen LogP contribution in [0.2, 0.25) is 0 Å². The predicted molar refractivity (Wildman–Crippen MR) is 60.6 cm³/mol. The van der Waals surface area contributed by atoms with Gasteiger partial charge in [0.25, 0.3) is 0 Å². The number of halogens is 1. The van der Waals surface area contributed by atoms with Crippen molar-refractivity contribution >= 4 is 26.5 Å². The number of hydrogen-bond donors (Lipinski definition) is 0. The molecule has 78 valence electrons. The topological polar surface area (TPSA) is 46.5 Å². The highest BCUT2D eigenvalue weighted by atomic mass is 35.5. The van der Waals surface area contributed by atoms with Gasteiger partial charge in [-0.2, -0.15) is 0 Å². The van der Waals surface area contributed by atoms with Crippen molar-refractivity contribution in [2.45, 2.75) is 6.92 Å². The molecule has 0 bridgehead atoms. The van der Waals surface area contributed by atoms with Crippen LogP contribution in [0.4, 0.5) is 0 Å². The molecular weight excluding hydrogens is 234 g/mol. The number of rotatable bonds is 1. The molecule has 0 spiro atoms. The van der Waals surface area contributed by atoms with Crippen molar-refractivity contribution < 1.29 is 8.42 Å². The van der Waals surface area contributed by atoms with Crippen molar-refractivity contribution in [3.8, 4) is 0 Å². The smallest absolute Gasteiger partial charge is 0.236 e. The van der Waals surface area contributed by atoms with E-state index in [0.717, 1.165) is 11.8 Å². The van der Waals surface area contributed by atoms with Gasteiger partial charge in [0, 0.05) is 5.56 Å². The maximum atomic E-state index is 11.6. The van der Waals surface area contributed by atoms with Gasteiger partial charge in [-0.15, -0.1) is 0 Å². The van der Waals surface area contributed by atoms with Crippen molar-refractivity contribution in [3.05, 3.63) is 46.0 Å². The molecule has 2 rings (SSSR count). The molecule has 0 saturated carbocycles. The van der Waals surface area contributed by atoms with Crippen LogP contribution < -0.4 is 0 Å². The summed E-state index contributed by atoms with van der Waals surface area (Å²) in [5.41, 5.74) is 1.63. The van der Waals surface area contributed by atoms with E-state index in [1.165, 1.54) is 0 Å². The van der Waals surface area contributed by atoms with Gasteiger partial charge in [-0.1, -0.05) is 41.4 Å². The molecule has 1 heterocycles. The maximum Gasteiger partial charge on any atom is 0.236 e. The largest absolute Gasteiger partial charge is 0.241 e. The van der Waals surface area contributed by atoms with E-state index in [1.807, 2.05) is 19.1 Å². The number of aliphatic imine (C=N–C) groups is 1. The summed E-state index contributed by atoms with van der Waals surface area (Å²) in [6, 6.07) is 7.10. The molecule has 0 unspecified atom stereocenters. The quantitative estimate of drug-likeness (QED) is 0.757. The zero-order valence-electron chi connectivity index (χ0n) is 7.94. The number of benzene rings is 1. The fourth-order valence-corrected chi connectivity index (χ4v) is 2.55. The number of sulfone groups is 1. The third-order valence-corrected chi connectivity index (χ3v) is 4.27. The molecule has 15 heavy (non-hydrogen) atoms. The Labute approximate surface area is 93.0 Å². The molecule has 0 N–H and O–H groups in total. The molecule has 3 nitrogen and oxygen atoms in total. The van der Waals surface area contributed by atoms with Gasteiger partial charge in [0.1, 0.15) is 0 Å². The second-order valence-electron chi connectivity index (χ2n) is 3.24. The molecule has 0 radical (unpaired) electrons. The monoisotopic (exact) mass is 241 g/mol. The standard InChI is InChI=1S/C10H8ClNO2S/c1-7-2-4-8(5-3-7)10-12-6-9(11)15(10,13)14/h2-6H,1H3. The maximum absolute atomic E-state index is 11.6. The average molecular weight is 242 g/mol. The second-order valence-corrected chi connectivity index (χ2v) is 5.70. The van der Waals surface area contributed by atoms with Crippen LogP contribution in [-0.2, 0) is 9.84 Å². The summed E-state index contributed by atoms with van der Waals surface area (Å²) in [6.07, 6.45) is 1.16. The minimum absolute atomic E-state index is 0.0208. The lowest BCUT2D eigenvalue weighted by Crippen LogP contribution is -2.12. The summed E-state index contributed by atoms with van der Waals surface area (Å²) in [4.78, 5) is 3.80. The van der Waals surface area contributed by atoms with Gasteiger partial charge in [-0.3, -0.25) is 0 Å². The van der Waals surface area contributed by atoms with Crippen LogP contribution in [-0.4, -0.2) is 13.5 Å². The third kappa shape index (κ3) is 1.70.